The number of carbonyl (C=O) groups excluding carboxylic acids is 1. The van der Waals surface area contributed by atoms with E-state index in [9.17, 15) is 15.0 Å². The van der Waals surface area contributed by atoms with Gasteiger partial charge in [-0.1, -0.05) is 0 Å². The number of amides is 2. The Morgan fingerprint density at radius 2 is 1.77 bits per heavy atom. The minimum atomic E-state index is -0.756. The van der Waals surface area contributed by atoms with Crippen LogP contribution in [0.2, 0.25) is 0 Å². The zero-order valence-electron chi connectivity index (χ0n) is 17.8. The lowest BCUT2D eigenvalue weighted by molar-refractivity contribution is -0.717. The van der Waals surface area contributed by atoms with Gasteiger partial charge < -0.3 is 35.2 Å². The maximum Gasteiger partial charge on any atom is 0.317 e. The van der Waals surface area contributed by atoms with Crippen molar-refractivity contribution in [1.29, 1.82) is 0 Å². The molecule has 5 N–H and O–H groups in total. The average molecular weight is 429 g/mol. The molecule has 4 heterocycles. The highest BCUT2D eigenvalue weighted by Crippen LogP contribution is 2.27. The highest BCUT2D eigenvalue weighted by atomic mass is 16.5. The smallest absolute Gasteiger partial charge is 0.317 e. The summed E-state index contributed by atoms with van der Waals surface area (Å²) in [7, 11) is 0. The number of carbonyl (C=O) groups is 1. The van der Waals surface area contributed by atoms with Crippen molar-refractivity contribution in [1.82, 2.24) is 20.0 Å². The molecule has 10 nitrogen and oxygen atoms in total. The molecule has 0 aliphatic carbocycles. The van der Waals surface area contributed by atoms with Crippen molar-refractivity contribution in [3.8, 4) is 0 Å². The van der Waals surface area contributed by atoms with E-state index in [1.54, 1.807) is 4.90 Å². The van der Waals surface area contributed by atoms with Crippen LogP contribution in [0.4, 0.5) is 4.79 Å². The molecular formula is C20H38N5O5+. The summed E-state index contributed by atoms with van der Waals surface area (Å²) in [5.74, 6) is 0. The molecule has 4 aliphatic heterocycles. The fourth-order valence-corrected chi connectivity index (χ4v) is 5.29. The van der Waals surface area contributed by atoms with Crippen LogP contribution in [-0.2, 0) is 9.47 Å². The van der Waals surface area contributed by atoms with Gasteiger partial charge in [0.05, 0.1) is 38.5 Å². The highest BCUT2D eigenvalue weighted by Gasteiger charge is 2.47. The molecule has 4 fully saturated rings. The molecule has 172 valence electrons. The van der Waals surface area contributed by atoms with Gasteiger partial charge >= 0.3 is 6.03 Å². The summed E-state index contributed by atoms with van der Waals surface area (Å²) < 4.78 is 11.2. The topological polar surface area (TPSA) is 114 Å². The highest BCUT2D eigenvalue weighted by molar-refractivity contribution is 5.74. The number of piperazine rings is 1. The number of nitrogens with two attached hydrogens (primary N) is 1. The van der Waals surface area contributed by atoms with Crippen molar-refractivity contribution in [2.45, 2.75) is 49.8 Å². The van der Waals surface area contributed by atoms with E-state index in [0.29, 0.717) is 39.0 Å². The Morgan fingerprint density at radius 3 is 2.43 bits per heavy atom. The van der Waals surface area contributed by atoms with Crippen LogP contribution in [0.3, 0.4) is 0 Å². The second-order valence-electron chi connectivity index (χ2n) is 8.82. The zero-order chi connectivity index (χ0) is 20.9. The number of ether oxygens (including phenoxy) is 2. The number of nitrogens with one attached hydrogen (secondary N) is 1. The van der Waals surface area contributed by atoms with Crippen LogP contribution < -0.4 is 10.6 Å². The molecule has 10 heteroatoms. The van der Waals surface area contributed by atoms with E-state index in [0.717, 1.165) is 26.2 Å². The third-order valence-corrected chi connectivity index (χ3v) is 7.03. The van der Waals surface area contributed by atoms with Crippen LogP contribution in [0.5, 0.6) is 0 Å². The van der Waals surface area contributed by atoms with Gasteiger partial charge in [-0.2, -0.15) is 0 Å². The molecule has 4 saturated heterocycles. The number of nitrogens with zero attached hydrogens (tertiary/aromatic N) is 3. The van der Waals surface area contributed by atoms with E-state index < -0.39 is 12.2 Å². The molecule has 4 aliphatic rings. The fourth-order valence-electron chi connectivity index (χ4n) is 5.29. The van der Waals surface area contributed by atoms with E-state index in [4.69, 9.17) is 9.47 Å². The quantitative estimate of drug-likeness (QED) is 0.374. The van der Waals surface area contributed by atoms with Crippen molar-refractivity contribution < 1.29 is 29.8 Å². The van der Waals surface area contributed by atoms with E-state index >= 15 is 0 Å². The average Bonchev–Trinajstić information content (AvgIpc) is 3.14. The van der Waals surface area contributed by atoms with Crippen molar-refractivity contribution >= 4 is 6.03 Å². The number of rotatable bonds is 5. The number of piperidine rings is 1. The number of hydrogen-bond donors (Lipinski definition) is 4. The van der Waals surface area contributed by atoms with Crippen LogP contribution in [0.1, 0.15) is 19.3 Å². The lowest BCUT2D eigenvalue weighted by Gasteiger charge is -2.42. The van der Waals surface area contributed by atoms with Crippen molar-refractivity contribution in [3.05, 3.63) is 0 Å². The van der Waals surface area contributed by atoms with Gasteiger partial charge in [-0.15, -0.1) is 0 Å². The summed E-state index contributed by atoms with van der Waals surface area (Å²) in [4.78, 5) is 19.0. The van der Waals surface area contributed by atoms with Gasteiger partial charge in [0, 0.05) is 52.2 Å². The molecule has 5 atom stereocenters. The first kappa shape index (κ1) is 22.2. The van der Waals surface area contributed by atoms with Crippen LogP contribution in [-0.4, -0.2) is 134 Å². The van der Waals surface area contributed by atoms with E-state index in [1.807, 2.05) is 0 Å². The Kier molecular flexibility index (Phi) is 7.79. The standard InChI is InChI=1S/C20H37N5O5/c26-14-16-19(27)18(15(30-16)13-22-20(28)25-9-11-29-12-10-25)24-7-5-23(6-8-24)17-3-1-2-4-21-17/h15-19,21,26-27H,1-14H2,(H,22,28)/p+1/t15-,16+,17?,18-,19-/m1/s1. The van der Waals surface area contributed by atoms with Gasteiger partial charge in [0.25, 0.3) is 0 Å². The monoisotopic (exact) mass is 428 g/mol. The van der Waals surface area contributed by atoms with Crippen molar-refractivity contribution in [3.63, 3.8) is 0 Å². The first-order chi connectivity index (χ1) is 14.7. The second kappa shape index (κ2) is 10.5. The normalized spacial score (nSPS) is 36.7. The summed E-state index contributed by atoms with van der Waals surface area (Å²) in [5.41, 5.74) is 0. The number of hydrogen-bond acceptors (Lipinski definition) is 7. The molecule has 0 spiro atoms. The Morgan fingerprint density at radius 1 is 1.03 bits per heavy atom. The van der Waals surface area contributed by atoms with Gasteiger partial charge in [0.2, 0.25) is 0 Å². The minimum Gasteiger partial charge on any atom is -0.394 e. The molecule has 4 rings (SSSR count). The van der Waals surface area contributed by atoms with Crippen LogP contribution >= 0.6 is 0 Å². The van der Waals surface area contributed by atoms with Crippen LogP contribution in [0.15, 0.2) is 0 Å². The summed E-state index contributed by atoms with van der Waals surface area (Å²) in [6.45, 7) is 7.28. The molecule has 2 amide bonds. The molecule has 0 aromatic rings. The second-order valence-corrected chi connectivity index (χ2v) is 8.82. The van der Waals surface area contributed by atoms with E-state index in [2.05, 4.69) is 20.4 Å². The number of aliphatic hydroxyl groups is 2. The number of quaternary nitrogens is 1. The van der Waals surface area contributed by atoms with Crippen LogP contribution in [0, 0.1) is 0 Å². The van der Waals surface area contributed by atoms with Gasteiger partial charge in [-0.25, -0.2) is 4.79 Å². The lowest BCUT2D eigenvalue weighted by Crippen LogP contribution is -2.95. The molecule has 0 bridgehead atoms. The third kappa shape index (κ3) is 5.07. The minimum absolute atomic E-state index is 0.125. The first-order valence-electron chi connectivity index (χ1n) is 11.5. The summed E-state index contributed by atoms with van der Waals surface area (Å²) >= 11 is 0. The predicted molar refractivity (Wildman–Crippen MR) is 109 cm³/mol. The van der Waals surface area contributed by atoms with Crippen LogP contribution in [0.25, 0.3) is 0 Å². The van der Waals surface area contributed by atoms with Gasteiger partial charge in [0.1, 0.15) is 18.4 Å². The number of aliphatic hydroxyl groups excluding tert-OH is 2. The lowest BCUT2D eigenvalue weighted by atomic mass is 10.0. The fraction of sp³-hybridized carbons (Fsp3) is 0.950. The maximum absolute atomic E-state index is 12.5. The Hall–Kier alpha value is -1.01. The molecular weight excluding hydrogens is 390 g/mol. The molecule has 0 aromatic carbocycles. The van der Waals surface area contributed by atoms with E-state index in [-0.39, 0.29) is 24.8 Å². The molecule has 1 unspecified atom stereocenters. The van der Waals surface area contributed by atoms with Gasteiger partial charge in [-0.05, 0) is 12.8 Å². The molecule has 0 radical (unpaired) electrons. The molecule has 0 aromatic heterocycles. The molecule has 0 saturated carbocycles. The van der Waals surface area contributed by atoms with E-state index in [1.165, 1.54) is 25.8 Å². The SMILES string of the molecule is O=C(NC[C@H]1O[C@@H](CO)[C@@H](O)[C@@H]1N1CCN(C2CCCC[NH2+]2)CC1)N1CCOCC1. The van der Waals surface area contributed by atoms with Crippen molar-refractivity contribution in [2.24, 2.45) is 0 Å². The Bertz CT molecular complexity index is 550. The van der Waals surface area contributed by atoms with Gasteiger partial charge in [-0.3, -0.25) is 9.80 Å². The maximum atomic E-state index is 12.5. The Balaban J connectivity index is 1.32. The Labute approximate surface area is 178 Å². The largest absolute Gasteiger partial charge is 0.394 e. The summed E-state index contributed by atoms with van der Waals surface area (Å²) in [6, 6.07) is -0.343. The predicted octanol–water partition coefficient (Wildman–Crippen LogP) is -2.79. The first-order valence-corrected chi connectivity index (χ1v) is 11.5. The van der Waals surface area contributed by atoms with Crippen molar-refractivity contribution in [2.75, 3.05) is 72.2 Å². The third-order valence-electron chi connectivity index (χ3n) is 7.03. The zero-order valence-corrected chi connectivity index (χ0v) is 17.8. The number of urea groups is 1. The summed E-state index contributed by atoms with van der Waals surface area (Å²) in [6.07, 6.45) is 2.74. The number of morpholine rings is 1. The molecule has 30 heavy (non-hydrogen) atoms. The van der Waals surface area contributed by atoms with Gasteiger partial charge in [0.15, 0.2) is 0 Å². The summed E-state index contributed by atoms with van der Waals surface area (Å²) in [5, 5.41) is 25.9.